The zero-order valence-corrected chi connectivity index (χ0v) is 14.7. The first kappa shape index (κ1) is 18.8. The zero-order valence-electron chi connectivity index (χ0n) is 14.7. The smallest absolute Gasteiger partial charge is 0.384 e. The number of alkyl halides is 3. The van der Waals surface area contributed by atoms with Gasteiger partial charge in [-0.3, -0.25) is 0 Å². The molecular formula is C18H23F3N4O. The van der Waals surface area contributed by atoms with Crippen LogP contribution in [0.1, 0.15) is 42.4 Å². The predicted octanol–water partition coefficient (Wildman–Crippen LogP) is 3.33. The summed E-state index contributed by atoms with van der Waals surface area (Å²) in [7, 11) is 1.60. The molecule has 2 aromatic rings. The summed E-state index contributed by atoms with van der Waals surface area (Å²) >= 11 is 0. The highest BCUT2D eigenvalue weighted by Crippen LogP contribution is 2.32. The van der Waals surface area contributed by atoms with Gasteiger partial charge in [0.05, 0.1) is 17.9 Å². The largest absolute Gasteiger partial charge is 0.416 e. The minimum absolute atomic E-state index is 0.170. The number of rotatable bonds is 5. The lowest BCUT2D eigenvalue weighted by Gasteiger charge is -2.15. The van der Waals surface area contributed by atoms with Crippen LogP contribution in [0.3, 0.4) is 0 Å². The summed E-state index contributed by atoms with van der Waals surface area (Å²) in [5.74, 6) is 1.50. The molecule has 1 saturated heterocycles. The maximum atomic E-state index is 13.1. The van der Waals surface area contributed by atoms with E-state index in [9.17, 15) is 13.2 Å². The molecule has 1 aromatic carbocycles. The normalized spacial score (nSPS) is 18.7. The van der Waals surface area contributed by atoms with Crippen molar-refractivity contribution in [2.75, 3.05) is 26.8 Å². The third-order valence-electron chi connectivity index (χ3n) is 4.56. The van der Waals surface area contributed by atoms with Crippen molar-refractivity contribution in [1.29, 1.82) is 0 Å². The molecule has 0 bridgehead atoms. The van der Waals surface area contributed by atoms with Gasteiger partial charge in [-0.15, -0.1) is 0 Å². The number of ether oxygens (including phenoxy) is 1. The van der Waals surface area contributed by atoms with Gasteiger partial charge in [0.2, 0.25) is 0 Å². The summed E-state index contributed by atoms with van der Waals surface area (Å²) in [6.45, 7) is 2.29. The van der Waals surface area contributed by atoms with Gasteiger partial charge in [0, 0.05) is 19.4 Å². The van der Waals surface area contributed by atoms with E-state index in [2.05, 4.69) is 15.4 Å². The van der Waals surface area contributed by atoms with Crippen LogP contribution in [-0.2, 0) is 17.3 Å². The minimum atomic E-state index is -4.39. The highest BCUT2D eigenvalue weighted by atomic mass is 19.4. The van der Waals surface area contributed by atoms with Crippen LogP contribution >= 0.6 is 0 Å². The molecule has 0 amide bonds. The van der Waals surface area contributed by atoms with Crippen LogP contribution in [0.25, 0.3) is 5.69 Å². The van der Waals surface area contributed by atoms with E-state index in [0.29, 0.717) is 24.5 Å². The molecule has 5 nitrogen and oxygen atoms in total. The van der Waals surface area contributed by atoms with Crippen LogP contribution in [0.2, 0.25) is 0 Å². The Labute approximate surface area is 150 Å². The molecule has 142 valence electrons. The maximum absolute atomic E-state index is 13.1. The Morgan fingerprint density at radius 1 is 1.27 bits per heavy atom. The molecule has 1 aliphatic heterocycles. The SMILES string of the molecule is COCCc1nc([C@H]2CCCNCC2)n(-c2cccc(C(F)(F)F)c2)n1. The molecule has 1 aromatic heterocycles. The van der Waals surface area contributed by atoms with E-state index in [1.54, 1.807) is 17.9 Å². The van der Waals surface area contributed by atoms with Crippen molar-refractivity contribution in [2.24, 2.45) is 0 Å². The molecule has 0 saturated carbocycles. The number of hydrogen-bond acceptors (Lipinski definition) is 4. The molecule has 8 heteroatoms. The Hall–Kier alpha value is -1.93. The fourth-order valence-electron chi connectivity index (χ4n) is 3.21. The van der Waals surface area contributed by atoms with Crippen molar-refractivity contribution in [3.05, 3.63) is 41.5 Å². The second-order valence-corrected chi connectivity index (χ2v) is 6.47. The van der Waals surface area contributed by atoms with E-state index in [-0.39, 0.29) is 5.92 Å². The topological polar surface area (TPSA) is 52.0 Å². The molecule has 1 atom stereocenters. The van der Waals surface area contributed by atoms with Crippen LogP contribution in [0.15, 0.2) is 24.3 Å². The first-order valence-corrected chi connectivity index (χ1v) is 8.82. The number of halogens is 3. The Kier molecular flexibility index (Phi) is 5.93. The number of aromatic nitrogens is 3. The van der Waals surface area contributed by atoms with Crippen LogP contribution in [0.4, 0.5) is 13.2 Å². The van der Waals surface area contributed by atoms with Crippen molar-refractivity contribution in [3.63, 3.8) is 0 Å². The molecule has 0 unspecified atom stereocenters. The summed E-state index contributed by atoms with van der Waals surface area (Å²) < 4.78 is 45.9. The van der Waals surface area contributed by atoms with E-state index in [1.807, 2.05) is 0 Å². The Morgan fingerprint density at radius 3 is 2.88 bits per heavy atom. The van der Waals surface area contributed by atoms with E-state index in [1.165, 1.54) is 6.07 Å². The fourth-order valence-corrected chi connectivity index (χ4v) is 3.21. The van der Waals surface area contributed by atoms with E-state index < -0.39 is 11.7 Å². The van der Waals surface area contributed by atoms with Gasteiger partial charge < -0.3 is 10.1 Å². The second kappa shape index (κ2) is 8.18. The molecule has 0 aliphatic carbocycles. The third-order valence-corrected chi connectivity index (χ3v) is 4.56. The average molecular weight is 368 g/mol. The van der Waals surface area contributed by atoms with Crippen LogP contribution in [-0.4, -0.2) is 41.6 Å². The first-order valence-electron chi connectivity index (χ1n) is 8.82. The number of nitrogens with zero attached hydrogens (tertiary/aromatic N) is 3. The molecule has 0 spiro atoms. The molecule has 3 rings (SSSR count). The van der Waals surface area contributed by atoms with Gasteiger partial charge in [-0.2, -0.15) is 18.3 Å². The fraction of sp³-hybridized carbons (Fsp3) is 0.556. The van der Waals surface area contributed by atoms with Crippen LogP contribution < -0.4 is 5.32 Å². The van der Waals surface area contributed by atoms with Gasteiger partial charge in [-0.1, -0.05) is 6.07 Å². The lowest BCUT2D eigenvalue weighted by atomic mass is 9.99. The van der Waals surface area contributed by atoms with E-state index >= 15 is 0 Å². The molecule has 0 radical (unpaired) electrons. The second-order valence-electron chi connectivity index (χ2n) is 6.47. The predicted molar refractivity (Wildman–Crippen MR) is 91.4 cm³/mol. The van der Waals surface area contributed by atoms with E-state index in [0.717, 1.165) is 50.3 Å². The lowest BCUT2D eigenvalue weighted by Crippen LogP contribution is -2.15. The number of hydrogen-bond donors (Lipinski definition) is 1. The molecule has 26 heavy (non-hydrogen) atoms. The summed E-state index contributed by atoms with van der Waals surface area (Å²) in [4.78, 5) is 4.64. The Balaban J connectivity index is 2.00. The van der Waals surface area contributed by atoms with Gasteiger partial charge in [0.15, 0.2) is 5.82 Å². The number of benzene rings is 1. The minimum Gasteiger partial charge on any atom is -0.384 e. The Morgan fingerprint density at radius 2 is 2.12 bits per heavy atom. The summed E-state index contributed by atoms with van der Waals surface area (Å²) in [5.41, 5.74) is -0.291. The van der Waals surface area contributed by atoms with Crippen molar-refractivity contribution in [2.45, 2.75) is 37.8 Å². The highest BCUT2D eigenvalue weighted by Gasteiger charge is 2.31. The van der Waals surface area contributed by atoms with Crippen molar-refractivity contribution >= 4 is 0 Å². The summed E-state index contributed by atoms with van der Waals surface area (Å²) in [6.07, 6.45) is -1.02. The van der Waals surface area contributed by atoms with Crippen molar-refractivity contribution in [3.8, 4) is 5.69 Å². The molecular weight excluding hydrogens is 345 g/mol. The molecule has 1 fully saturated rings. The first-order chi connectivity index (χ1) is 12.5. The summed E-state index contributed by atoms with van der Waals surface area (Å²) in [5, 5.41) is 7.83. The molecule has 1 N–H and O–H groups in total. The van der Waals surface area contributed by atoms with Crippen molar-refractivity contribution in [1.82, 2.24) is 20.1 Å². The average Bonchev–Trinajstić information content (AvgIpc) is 2.85. The number of nitrogens with one attached hydrogen (secondary N) is 1. The van der Waals surface area contributed by atoms with Gasteiger partial charge in [-0.25, -0.2) is 9.67 Å². The molecule has 2 heterocycles. The monoisotopic (exact) mass is 368 g/mol. The maximum Gasteiger partial charge on any atom is 0.416 e. The van der Waals surface area contributed by atoms with Gasteiger partial charge in [-0.05, 0) is 50.6 Å². The Bertz CT molecular complexity index is 721. The van der Waals surface area contributed by atoms with Crippen LogP contribution in [0, 0.1) is 0 Å². The lowest BCUT2D eigenvalue weighted by molar-refractivity contribution is -0.137. The zero-order chi connectivity index (χ0) is 18.6. The van der Waals surface area contributed by atoms with Crippen LogP contribution in [0.5, 0.6) is 0 Å². The standard InChI is InChI=1S/C18H23F3N4O/c1-26-11-8-16-23-17(13-4-3-9-22-10-7-13)25(24-16)15-6-2-5-14(12-15)18(19,20)21/h2,5-6,12-13,22H,3-4,7-11H2,1H3/t13-/m0/s1. The quantitative estimate of drug-likeness (QED) is 0.880. The number of methoxy groups -OCH3 is 1. The molecule has 1 aliphatic rings. The van der Waals surface area contributed by atoms with Crippen molar-refractivity contribution < 1.29 is 17.9 Å². The van der Waals surface area contributed by atoms with Gasteiger partial charge in [0.25, 0.3) is 0 Å². The summed E-state index contributed by atoms with van der Waals surface area (Å²) in [6, 6.07) is 5.25. The van der Waals surface area contributed by atoms with Gasteiger partial charge in [0.1, 0.15) is 5.82 Å². The third kappa shape index (κ3) is 4.42. The highest BCUT2D eigenvalue weighted by molar-refractivity contribution is 5.37. The van der Waals surface area contributed by atoms with Gasteiger partial charge >= 0.3 is 6.18 Å². The van der Waals surface area contributed by atoms with E-state index in [4.69, 9.17) is 4.74 Å².